The second-order valence-electron chi connectivity index (χ2n) is 17.2. The van der Waals surface area contributed by atoms with Gasteiger partial charge in [-0.05, 0) is 91.3 Å². The molecule has 10 aromatic heterocycles. The van der Waals surface area contributed by atoms with Crippen molar-refractivity contribution in [2.75, 3.05) is 39.5 Å². The summed E-state index contributed by atoms with van der Waals surface area (Å²) in [6.45, 7) is 6.52. The van der Waals surface area contributed by atoms with Crippen LogP contribution in [0.2, 0.25) is 20.6 Å². The van der Waals surface area contributed by atoms with Crippen molar-refractivity contribution in [1.82, 2.24) is 89.5 Å². The molecule has 10 heterocycles. The number of aromatic amines is 2. The van der Waals surface area contributed by atoms with Gasteiger partial charge < -0.3 is 54.9 Å². The number of hydrogen-bond acceptors (Lipinski definition) is 18. The van der Waals surface area contributed by atoms with Gasteiger partial charge in [0.15, 0.2) is 39.8 Å². The van der Waals surface area contributed by atoms with Crippen molar-refractivity contribution in [3.8, 4) is 0 Å². The van der Waals surface area contributed by atoms with E-state index < -0.39 is 31.6 Å². The Bertz CT molecular complexity index is 3730. The normalized spacial score (nSPS) is 10.8. The molecule has 10 aromatic rings. The molecule has 0 aromatic carbocycles. The summed E-state index contributed by atoms with van der Waals surface area (Å²) in [7, 11) is 0. The quantitative estimate of drug-likeness (QED) is 0.0284. The third kappa shape index (κ3) is 18.4. The fourth-order valence-electron chi connectivity index (χ4n) is 7.42. The van der Waals surface area contributed by atoms with E-state index in [-0.39, 0.29) is 22.6 Å². The van der Waals surface area contributed by atoms with E-state index in [9.17, 15) is 24.0 Å². The molecule has 10 rings (SSSR count). The molecule has 0 bridgehead atoms. The Balaban J connectivity index is 0.000000169. The van der Waals surface area contributed by atoms with E-state index in [1.165, 1.54) is 32.4 Å². The van der Waals surface area contributed by atoms with Crippen molar-refractivity contribution in [2.45, 2.75) is 59.7 Å². The number of nitrogens with zero attached hydrogens (tertiary/aromatic N) is 13. The highest BCUT2D eigenvalue weighted by Crippen LogP contribution is 2.23. The molecule has 3 amide bonds. The van der Waals surface area contributed by atoms with Crippen molar-refractivity contribution in [3.63, 3.8) is 0 Å². The molecule has 26 nitrogen and oxygen atoms in total. The van der Waals surface area contributed by atoms with E-state index in [2.05, 4.69) is 121 Å². The topological polar surface area (TPSA) is 357 Å². The van der Waals surface area contributed by atoms with Gasteiger partial charge in [-0.15, -0.1) is 0 Å². The molecule has 8 N–H and O–H groups in total. The minimum Gasteiger partial charge on any atom is -0.387 e. The van der Waals surface area contributed by atoms with Gasteiger partial charge in [-0.2, -0.15) is 0 Å². The van der Waals surface area contributed by atoms with Crippen LogP contribution in [0.15, 0.2) is 68.0 Å². The smallest absolute Gasteiger partial charge is 0.245 e. The third-order valence-corrected chi connectivity index (χ3v) is 13.5. The number of aliphatic hydroxyl groups is 3. The molecular weight excluding hydrogens is 1380 g/mol. The van der Waals surface area contributed by atoms with Gasteiger partial charge in [0, 0.05) is 76.4 Å². The van der Waals surface area contributed by atoms with Crippen molar-refractivity contribution < 1.29 is 39.3 Å². The van der Waals surface area contributed by atoms with Gasteiger partial charge in [0.1, 0.15) is 68.0 Å². The Morgan fingerprint density at radius 1 is 0.524 bits per heavy atom. The second kappa shape index (κ2) is 31.7. The molecule has 0 atom stereocenters. The summed E-state index contributed by atoms with van der Waals surface area (Å²) in [5.74, 6) is -1.32. The van der Waals surface area contributed by atoms with Gasteiger partial charge in [0.2, 0.25) is 17.7 Å². The van der Waals surface area contributed by atoms with Gasteiger partial charge in [-0.1, -0.05) is 46.4 Å². The average molecular weight is 1430 g/mol. The largest absolute Gasteiger partial charge is 0.387 e. The van der Waals surface area contributed by atoms with E-state index in [1.54, 1.807) is 35.6 Å². The first-order chi connectivity index (χ1) is 39.3. The number of aliphatic hydroxyl groups excluding tert-OH is 3. The molecule has 0 saturated heterocycles. The van der Waals surface area contributed by atoms with Crippen LogP contribution in [0.3, 0.4) is 0 Å². The summed E-state index contributed by atoms with van der Waals surface area (Å²) in [4.78, 5) is 104. The van der Waals surface area contributed by atoms with Crippen LogP contribution in [-0.2, 0) is 34.0 Å². The maximum Gasteiger partial charge on any atom is 0.245 e. The zero-order valence-corrected chi connectivity index (χ0v) is 51.1. The summed E-state index contributed by atoms with van der Waals surface area (Å²) in [6.07, 6.45) is 18.7. The highest BCUT2D eigenvalue weighted by atomic mass is 127. The van der Waals surface area contributed by atoms with Crippen molar-refractivity contribution in [2.24, 2.45) is 0 Å². The molecule has 0 aliphatic heterocycles. The highest BCUT2D eigenvalue weighted by Gasteiger charge is 2.17. The Morgan fingerprint density at radius 2 is 0.939 bits per heavy atom. The number of carbonyl (C=O) groups excluding carboxylic acids is 5. The number of H-pyrrole nitrogens is 2. The zero-order chi connectivity index (χ0) is 59.5. The molecule has 0 saturated carbocycles. The third-order valence-electron chi connectivity index (χ3n) is 11.1. The number of fused-ring (bicyclic) bond motifs is 5. The van der Waals surface area contributed by atoms with Crippen molar-refractivity contribution in [3.05, 3.63) is 113 Å². The number of nitrogens with one attached hydrogen (secondary N) is 5. The van der Waals surface area contributed by atoms with Gasteiger partial charge in [-0.25, -0.2) is 44.9 Å². The number of ketones is 2. The van der Waals surface area contributed by atoms with Crippen LogP contribution in [-0.4, -0.2) is 158 Å². The summed E-state index contributed by atoms with van der Waals surface area (Å²) in [5.41, 5.74) is 8.91. The number of amides is 3. The number of hydrogen-bond donors (Lipinski definition) is 8. The number of aromatic nitrogens is 15. The SMILES string of the molecule is CC(=O)c1cn(CCCNC(=O)CO)c2nc(C)cnc12.CC(=O)c1cn(CCCNC(=O)CO)c2nc(Cl)cnc12.Clc1cnc2c(I)c[nH]c2n1.Clc1cnc2cc[nH]c2n1.O=C(CO)NCCCn1cc(I)c2ncc(Cl)nc21. The van der Waals surface area contributed by atoms with Crippen LogP contribution < -0.4 is 16.0 Å². The van der Waals surface area contributed by atoms with E-state index in [1.807, 2.05) is 34.5 Å². The predicted molar refractivity (Wildman–Crippen MR) is 325 cm³/mol. The summed E-state index contributed by atoms with van der Waals surface area (Å²) >= 11 is 27.3. The lowest BCUT2D eigenvalue weighted by Crippen LogP contribution is -2.27. The first kappa shape index (κ1) is 64.5. The minimum absolute atomic E-state index is 0.0505. The molecule has 82 heavy (non-hydrogen) atoms. The first-order valence-corrected chi connectivity index (χ1v) is 28.2. The minimum atomic E-state index is -0.526. The maximum atomic E-state index is 11.6. The fraction of sp³-hybridized carbons (Fsp3) is 0.300. The van der Waals surface area contributed by atoms with Crippen LogP contribution in [0.4, 0.5) is 0 Å². The molecule has 0 unspecified atom stereocenters. The Morgan fingerprint density at radius 3 is 1.44 bits per heavy atom. The molecular formula is C50H52Cl4I2N18O8. The van der Waals surface area contributed by atoms with Crippen LogP contribution in [0, 0.1) is 14.1 Å². The maximum absolute atomic E-state index is 11.6. The van der Waals surface area contributed by atoms with Crippen molar-refractivity contribution in [1.29, 1.82) is 0 Å². The average Bonchev–Trinajstić information content (AvgIpc) is 4.49. The van der Waals surface area contributed by atoms with E-state index in [4.69, 9.17) is 61.7 Å². The Hall–Kier alpha value is -6.65. The second-order valence-corrected chi connectivity index (χ2v) is 21.1. The van der Waals surface area contributed by atoms with Gasteiger partial charge in [0.05, 0.1) is 48.7 Å². The van der Waals surface area contributed by atoms with Crippen LogP contribution in [0.25, 0.3) is 55.8 Å². The lowest BCUT2D eigenvalue weighted by molar-refractivity contribution is -0.124. The van der Waals surface area contributed by atoms with E-state index in [0.29, 0.717) is 101 Å². The van der Waals surface area contributed by atoms with Crippen LogP contribution >= 0.6 is 91.6 Å². The molecule has 0 fully saturated rings. The zero-order valence-electron chi connectivity index (χ0n) is 43.8. The van der Waals surface area contributed by atoms with Crippen molar-refractivity contribution >= 4 is 177 Å². The molecule has 0 aliphatic carbocycles. The number of Topliss-reactive ketones (excluding diaryl/α,β-unsaturated/α-hetero) is 2. The molecule has 32 heteroatoms. The number of rotatable bonds is 17. The van der Waals surface area contributed by atoms with Crippen LogP contribution in [0.5, 0.6) is 0 Å². The number of carbonyl (C=O) groups is 5. The van der Waals surface area contributed by atoms with Gasteiger partial charge in [0.25, 0.3) is 0 Å². The monoisotopic (exact) mass is 1430 g/mol. The van der Waals surface area contributed by atoms with E-state index >= 15 is 0 Å². The summed E-state index contributed by atoms with van der Waals surface area (Å²) < 4.78 is 7.69. The highest BCUT2D eigenvalue weighted by molar-refractivity contribution is 14.1. The standard InChI is InChI=1S/C14H18N4O3.C13H15ClN4O3.C11H12ClIN4O2.C6H3ClIN3.C6H4ClN3/c1-9-6-16-13-11(10(2)20)7-18(14(13)17-9)5-3-4-15-12(21)8-19;1-8(20)9-6-18(4-2-3-15-11(21)7-19)13-12(9)16-5-10(14)17-13;12-8-4-15-10-7(13)5-17(11(10)16-8)3-1-2-14-9(19)6-18;7-4-2-9-5-3(8)1-10-6(5)11-4;7-5-3-9-4-1-2-8-6(4)10-5/h6-7,19H,3-5,8H2,1-2H3,(H,15,21);5-6,19H,2-4,7H2,1H3,(H,15,21);4-5,18H,1-3,6H2,(H,14,19);1-2H,(H,10,11);1-3H,(H,8,10). The predicted octanol–water partition coefficient (Wildman–Crippen LogP) is 6.24. The Kier molecular flexibility index (Phi) is 24.9. The summed E-state index contributed by atoms with van der Waals surface area (Å²) in [6, 6.07) is 1.85. The van der Waals surface area contributed by atoms with Gasteiger partial charge >= 0.3 is 0 Å². The Labute approximate surface area is 513 Å². The van der Waals surface area contributed by atoms with Gasteiger partial charge in [-0.3, -0.25) is 29.0 Å². The summed E-state index contributed by atoms with van der Waals surface area (Å²) in [5, 5.41) is 35.0. The molecule has 0 spiro atoms. The fourth-order valence-corrected chi connectivity index (χ4v) is 9.21. The van der Waals surface area contributed by atoms with E-state index in [0.717, 1.165) is 52.7 Å². The molecule has 432 valence electrons. The lowest BCUT2D eigenvalue weighted by Gasteiger charge is -2.05. The number of halogens is 6. The molecule has 0 aliphatic rings. The molecule has 0 radical (unpaired) electrons. The first-order valence-electron chi connectivity index (χ1n) is 24.6. The lowest BCUT2D eigenvalue weighted by atomic mass is 10.2. The number of aryl methyl sites for hydroxylation is 4. The van der Waals surface area contributed by atoms with Crippen LogP contribution in [0.1, 0.15) is 59.5 Å².